The highest BCUT2D eigenvalue weighted by atomic mass is 31.2. The molecule has 0 saturated carbocycles. The molecule has 26 heavy (non-hydrogen) atoms. The molecular formula is C17H26NO7P. The number of ether oxygens (including phenoxy) is 1. The van der Waals surface area contributed by atoms with Gasteiger partial charge in [-0.3, -0.25) is 13.8 Å². The summed E-state index contributed by atoms with van der Waals surface area (Å²) in [5.74, 6) is 0.0752. The normalized spacial score (nSPS) is 11.7. The van der Waals surface area contributed by atoms with Gasteiger partial charge >= 0.3 is 13.9 Å². The number of phosphoric acid groups is 1. The van der Waals surface area contributed by atoms with Gasteiger partial charge in [0.05, 0.1) is 18.8 Å². The van der Waals surface area contributed by atoms with Crippen molar-refractivity contribution in [2.24, 2.45) is 0 Å². The second kappa shape index (κ2) is 9.71. The summed E-state index contributed by atoms with van der Waals surface area (Å²) in [5, 5.41) is 2.59. The van der Waals surface area contributed by atoms with Gasteiger partial charge in [0.15, 0.2) is 6.29 Å². The van der Waals surface area contributed by atoms with E-state index in [0.717, 1.165) is 0 Å². The molecule has 9 heteroatoms. The van der Waals surface area contributed by atoms with Crippen molar-refractivity contribution >= 4 is 20.2 Å². The maximum absolute atomic E-state index is 12.4. The van der Waals surface area contributed by atoms with Crippen LogP contribution in [0.2, 0.25) is 0 Å². The summed E-state index contributed by atoms with van der Waals surface area (Å²) in [5.41, 5.74) is 0.205. The first-order chi connectivity index (χ1) is 12.1. The predicted molar refractivity (Wildman–Crippen MR) is 96.4 cm³/mol. The Labute approximate surface area is 153 Å². The number of hydrogen-bond acceptors (Lipinski definition) is 7. The molecule has 0 unspecified atom stereocenters. The fourth-order valence-electron chi connectivity index (χ4n) is 1.90. The first-order valence-corrected chi connectivity index (χ1v) is 9.72. The largest absolute Gasteiger partial charge is 0.530 e. The van der Waals surface area contributed by atoms with Crippen molar-refractivity contribution in [3.63, 3.8) is 0 Å². The second-order valence-corrected chi connectivity index (χ2v) is 7.81. The summed E-state index contributed by atoms with van der Waals surface area (Å²) in [7, 11) is -3.80. The van der Waals surface area contributed by atoms with Crippen LogP contribution < -0.4 is 9.84 Å². The summed E-state index contributed by atoms with van der Waals surface area (Å²) < 4.78 is 33.0. The topological polar surface area (TPSA) is 100 Å². The number of hydrogen-bond donors (Lipinski definition) is 1. The Balaban J connectivity index is 2.85. The van der Waals surface area contributed by atoms with Crippen molar-refractivity contribution in [3.8, 4) is 5.75 Å². The molecule has 1 amide bonds. The first-order valence-electron chi connectivity index (χ1n) is 8.26. The van der Waals surface area contributed by atoms with E-state index in [1.165, 1.54) is 12.1 Å². The van der Waals surface area contributed by atoms with E-state index in [4.69, 9.17) is 18.3 Å². The molecule has 0 aliphatic rings. The zero-order valence-corrected chi connectivity index (χ0v) is 16.6. The molecule has 0 saturated heterocycles. The maximum Gasteiger partial charge on any atom is 0.530 e. The van der Waals surface area contributed by atoms with E-state index in [0.29, 0.717) is 11.8 Å². The van der Waals surface area contributed by atoms with Gasteiger partial charge in [0, 0.05) is 6.54 Å². The molecule has 0 aliphatic carbocycles. The average molecular weight is 387 g/mol. The monoisotopic (exact) mass is 387 g/mol. The van der Waals surface area contributed by atoms with Crippen LogP contribution in [-0.2, 0) is 24.9 Å². The Kier molecular flexibility index (Phi) is 8.27. The Bertz CT molecular complexity index is 660. The van der Waals surface area contributed by atoms with Gasteiger partial charge in [-0.15, -0.1) is 0 Å². The van der Waals surface area contributed by atoms with Crippen molar-refractivity contribution < 1.29 is 32.5 Å². The van der Waals surface area contributed by atoms with Crippen LogP contribution in [0.1, 0.15) is 50.5 Å². The van der Waals surface area contributed by atoms with Crippen LogP contribution in [0.15, 0.2) is 18.2 Å². The van der Waals surface area contributed by atoms with Crippen LogP contribution >= 0.6 is 7.82 Å². The molecule has 1 aromatic rings. The SMILES string of the molecule is CCOP(=O)(OCC)Oc1ccc(CNC(=O)OC(C)(C)C)cc1C=O. The van der Waals surface area contributed by atoms with Crippen LogP contribution in [0.4, 0.5) is 4.79 Å². The van der Waals surface area contributed by atoms with Crippen LogP contribution in [0.5, 0.6) is 5.75 Å². The lowest BCUT2D eigenvalue weighted by Gasteiger charge is -2.20. The van der Waals surface area contributed by atoms with Crippen LogP contribution in [0.3, 0.4) is 0 Å². The van der Waals surface area contributed by atoms with Crippen molar-refractivity contribution in [2.75, 3.05) is 13.2 Å². The molecule has 1 N–H and O–H groups in total. The molecule has 0 atom stereocenters. The van der Waals surface area contributed by atoms with Crippen molar-refractivity contribution in [1.29, 1.82) is 0 Å². The first kappa shape index (κ1) is 22.2. The minimum absolute atomic E-state index is 0.0752. The number of carbonyl (C=O) groups excluding carboxylic acids is 2. The third kappa shape index (κ3) is 7.56. The molecule has 0 bridgehead atoms. The highest BCUT2D eigenvalue weighted by Gasteiger charge is 2.28. The molecule has 0 radical (unpaired) electrons. The van der Waals surface area contributed by atoms with Crippen LogP contribution in [-0.4, -0.2) is 31.2 Å². The minimum atomic E-state index is -3.80. The molecule has 8 nitrogen and oxygen atoms in total. The number of phosphoric ester groups is 1. The molecule has 1 rings (SSSR count). The Morgan fingerprint density at radius 1 is 1.19 bits per heavy atom. The molecule has 0 aliphatic heterocycles. The fourth-order valence-corrected chi connectivity index (χ4v) is 3.12. The standard InChI is InChI=1S/C17H26NO7P/c1-6-22-26(21,23-7-2)25-15-9-8-13(10-14(15)12-19)11-18-16(20)24-17(3,4)5/h8-10,12H,6-7,11H2,1-5H3,(H,18,20). The van der Waals surface area contributed by atoms with Gasteiger partial charge in [-0.2, -0.15) is 0 Å². The smallest absolute Gasteiger partial charge is 0.444 e. The highest BCUT2D eigenvalue weighted by molar-refractivity contribution is 7.48. The number of benzene rings is 1. The van der Waals surface area contributed by atoms with Gasteiger partial charge in [0.1, 0.15) is 11.4 Å². The molecule has 0 aromatic heterocycles. The van der Waals surface area contributed by atoms with E-state index >= 15 is 0 Å². The predicted octanol–water partition coefficient (Wildman–Crippen LogP) is 4.08. The second-order valence-electron chi connectivity index (χ2n) is 6.22. The molecule has 1 aromatic carbocycles. The number of aldehydes is 1. The van der Waals surface area contributed by atoms with Gasteiger partial charge in [0.25, 0.3) is 0 Å². The lowest BCUT2D eigenvalue weighted by Crippen LogP contribution is -2.32. The fraction of sp³-hybridized carbons (Fsp3) is 0.529. The van der Waals surface area contributed by atoms with Crippen molar-refractivity contribution in [1.82, 2.24) is 5.32 Å². The molecule has 0 heterocycles. The summed E-state index contributed by atoms with van der Waals surface area (Å²) in [6.07, 6.45) is -0.00294. The number of alkyl carbamates (subject to hydrolysis) is 1. The highest BCUT2D eigenvalue weighted by Crippen LogP contribution is 2.49. The Morgan fingerprint density at radius 2 is 1.81 bits per heavy atom. The quantitative estimate of drug-likeness (QED) is 0.503. The van der Waals surface area contributed by atoms with Crippen LogP contribution in [0, 0.1) is 0 Å². The number of nitrogens with one attached hydrogen (secondary N) is 1. The summed E-state index contributed by atoms with van der Waals surface area (Å²) >= 11 is 0. The van der Waals surface area contributed by atoms with Crippen molar-refractivity contribution in [2.45, 2.75) is 46.8 Å². The van der Waals surface area contributed by atoms with E-state index in [9.17, 15) is 14.2 Å². The Morgan fingerprint density at radius 3 is 2.31 bits per heavy atom. The van der Waals surface area contributed by atoms with Crippen molar-refractivity contribution in [3.05, 3.63) is 29.3 Å². The minimum Gasteiger partial charge on any atom is -0.444 e. The summed E-state index contributed by atoms with van der Waals surface area (Å²) in [6.45, 7) is 9.01. The lowest BCUT2D eigenvalue weighted by molar-refractivity contribution is 0.0523. The molecule has 0 spiro atoms. The summed E-state index contributed by atoms with van der Waals surface area (Å²) in [4.78, 5) is 23.0. The van der Waals surface area contributed by atoms with Gasteiger partial charge in [0.2, 0.25) is 0 Å². The summed E-state index contributed by atoms with van der Waals surface area (Å²) in [6, 6.07) is 4.62. The third-order valence-corrected chi connectivity index (χ3v) is 4.39. The number of amides is 1. The number of carbonyl (C=O) groups is 2. The number of rotatable bonds is 9. The third-order valence-electron chi connectivity index (χ3n) is 2.82. The molecule has 0 fully saturated rings. The van der Waals surface area contributed by atoms with E-state index in [2.05, 4.69) is 5.32 Å². The zero-order valence-electron chi connectivity index (χ0n) is 15.7. The molecule has 146 valence electrons. The van der Waals surface area contributed by atoms with Gasteiger partial charge in [-0.05, 0) is 52.3 Å². The van der Waals surface area contributed by atoms with E-state index in [1.54, 1.807) is 40.7 Å². The zero-order chi connectivity index (χ0) is 19.8. The lowest BCUT2D eigenvalue weighted by atomic mass is 10.1. The van der Waals surface area contributed by atoms with Gasteiger partial charge in [-0.25, -0.2) is 9.36 Å². The molecular weight excluding hydrogens is 361 g/mol. The Hall–Kier alpha value is -1.89. The van der Waals surface area contributed by atoms with E-state index in [-0.39, 0.29) is 31.1 Å². The average Bonchev–Trinajstić information content (AvgIpc) is 2.52. The van der Waals surface area contributed by atoms with Gasteiger partial charge in [-0.1, -0.05) is 6.07 Å². The van der Waals surface area contributed by atoms with E-state index < -0.39 is 19.5 Å². The van der Waals surface area contributed by atoms with E-state index in [1.807, 2.05) is 0 Å². The van der Waals surface area contributed by atoms with Gasteiger partial charge < -0.3 is 14.6 Å². The van der Waals surface area contributed by atoms with Crippen LogP contribution in [0.25, 0.3) is 0 Å². The maximum atomic E-state index is 12.4.